The average molecular weight is 256 g/mol. The highest BCUT2D eigenvalue weighted by molar-refractivity contribution is 5.79. The lowest BCUT2D eigenvalue weighted by molar-refractivity contribution is 0.184. The van der Waals surface area contributed by atoms with Gasteiger partial charge >= 0.3 is 0 Å². The average Bonchev–Trinajstić information content (AvgIpc) is 2.46. The van der Waals surface area contributed by atoms with Crippen LogP contribution in [0.4, 0.5) is 0 Å². The summed E-state index contributed by atoms with van der Waals surface area (Å²) in [5, 5.41) is 0.812. The lowest BCUT2D eigenvalue weighted by atomic mass is 10.0. The minimum Gasteiger partial charge on any atom is -0.358 e. The minimum absolute atomic E-state index is 0.206. The van der Waals surface area contributed by atoms with Crippen LogP contribution in [0.15, 0.2) is 29.1 Å². The quantitative estimate of drug-likeness (QED) is 0.896. The summed E-state index contributed by atoms with van der Waals surface area (Å²) in [6, 6.07) is 8.34. The molecule has 0 spiro atoms. The largest absolute Gasteiger partial charge is 0.358 e. The van der Waals surface area contributed by atoms with Crippen LogP contribution in [-0.4, -0.2) is 22.5 Å². The summed E-state index contributed by atoms with van der Waals surface area (Å²) in [5.41, 5.74) is 3.26. The van der Waals surface area contributed by atoms with Crippen molar-refractivity contribution in [2.75, 3.05) is 6.54 Å². The monoisotopic (exact) mass is 256 g/mol. The number of hydrogen-bond acceptors (Lipinski definition) is 2. The fourth-order valence-electron chi connectivity index (χ4n) is 2.88. The Bertz CT molecular complexity index is 659. The third kappa shape index (κ3) is 2.08. The van der Waals surface area contributed by atoms with E-state index in [0.29, 0.717) is 6.04 Å². The van der Waals surface area contributed by atoms with Gasteiger partial charge in [0.2, 0.25) is 0 Å². The van der Waals surface area contributed by atoms with E-state index < -0.39 is 0 Å². The molecule has 2 heterocycles. The number of nitrogens with one attached hydrogen (secondary N) is 1. The molecule has 0 fully saturated rings. The van der Waals surface area contributed by atoms with Gasteiger partial charge in [0, 0.05) is 47.7 Å². The number of pyridine rings is 1. The van der Waals surface area contributed by atoms with Crippen LogP contribution in [-0.2, 0) is 13.0 Å². The highest BCUT2D eigenvalue weighted by Crippen LogP contribution is 2.20. The third-order valence-electron chi connectivity index (χ3n) is 4.32. The first-order chi connectivity index (χ1) is 9.20. The Balaban J connectivity index is 2.09. The smallest absolute Gasteiger partial charge is 0.194 e. The molecular weight excluding hydrogens is 236 g/mol. The van der Waals surface area contributed by atoms with E-state index in [9.17, 15) is 4.79 Å². The number of nitrogens with zero attached hydrogens (tertiary/aromatic N) is 1. The second kappa shape index (κ2) is 4.82. The molecule has 1 atom stereocenters. The predicted octanol–water partition coefficient (Wildman–Crippen LogP) is 2.68. The first-order valence-corrected chi connectivity index (χ1v) is 7.07. The van der Waals surface area contributed by atoms with E-state index in [1.165, 1.54) is 0 Å². The summed E-state index contributed by atoms with van der Waals surface area (Å²) >= 11 is 0. The maximum atomic E-state index is 12.6. The Morgan fingerprint density at radius 1 is 1.37 bits per heavy atom. The second-order valence-corrected chi connectivity index (χ2v) is 5.43. The number of aromatic amines is 1. The first kappa shape index (κ1) is 12.4. The number of aromatic nitrogens is 1. The van der Waals surface area contributed by atoms with Gasteiger partial charge in [0.1, 0.15) is 0 Å². The maximum absolute atomic E-state index is 12.6. The van der Waals surface area contributed by atoms with Crippen LogP contribution in [0.1, 0.15) is 31.5 Å². The van der Waals surface area contributed by atoms with Gasteiger partial charge in [0.25, 0.3) is 0 Å². The van der Waals surface area contributed by atoms with E-state index in [4.69, 9.17) is 0 Å². The summed E-state index contributed by atoms with van der Waals surface area (Å²) in [6.45, 7) is 6.26. The van der Waals surface area contributed by atoms with Crippen molar-refractivity contribution in [3.8, 4) is 0 Å². The molecule has 3 nitrogen and oxygen atoms in total. The Morgan fingerprint density at radius 3 is 2.95 bits per heavy atom. The fourth-order valence-corrected chi connectivity index (χ4v) is 2.88. The standard InChI is InChI=1S/C16H20N2O/c1-3-11(2)18-9-8-15-13(10-18)16(19)12-6-4-5-7-14(12)17-15/h4-7,11H,3,8-10H2,1-2H3,(H,17,19)/t11-/m0/s1. The molecule has 1 N–H and O–H groups in total. The molecule has 3 rings (SSSR count). The molecule has 1 aliphatic rings. The van der Waals surface area contributed by atoms with Gasteiger partial charge < -0.3 is 4.98 Å². The number of hydrogen-bond donors (Lipinski definition) is 1. The van der Waals surface area contributed by atoms with Crippen molar-refractivity contribution >= 4 is 10.9 Å². The molecule has 3 heteroatoms. The van der Waals surface area contributed by atoms with Crippen molar-refractivity contribution in [3.63, 3.8) is 0 Å². The number of para-hydroxylation sites is 1. The van der Waals surface area contributed by atoms with E-state index in [1.807, 2.05) is 24.3 Å². The molecule has 1 aromatic carbocycles. The topological polar surface area (TPSA) is 36.1 Å². The Morgan fingerprint density at radius 2 is 2.16 bits per heavy atom. The van der Waals surface area contributed by atoms with Crippen LogP contribution >= 0.6 is 0 Å². The molecule has 0 unspecified atom stereocenters. The molecule has 2 aromatic rings. The summed E-state index contributed by atoms with van der Waals surface area (Å²) < 4.78 is 0. The Kier molecular flexibility index (Phi) is 3.15. The highest BCUT2D eigenvalue weighted by Gasteiger charge is 2.23. The summed E-state index contributed by atoms with van der Waals surface area (Å²) in [6.07, 6.45) is 2.07. The van der Waals surface area contributed by atoms with Crippen LogP contribution < -0.4 is 5.43 Å². The molecule has 0 bridgehead atoms. The molecule has 100 valence electrons. The van der Waals surface area contributed by atoms with Crippen molar-refractivity contribution in [1.82, 2.24) is 9.88 Å². The van der Waals surface area contributed by atoms with Crippen LogP contribution in [0.2, 0.25) is 0 Å². The number of benzene rings is 1. The molecule has 19 heavy (non-hydrogen) atoms. The normalized spacial score (nSPS) is 17.4. The third-order valence-corrected chi connectivity index (χ3v) is 4.32. The van der Waals surface area contributed by atoms with Crippen LogP contribution in [0.5, 0.6) is 0 Å². The molecular formula is C16H20N2O. The second-order valence-electron chi connectivity index (χ2n) is 5.43. The molecule has 1 aromatic heterocycles. The van der Waals surface area contributed by atoms with Gasteiger partial charge in [-0.25, -0.2) is 0 Å². The number of fused-ring (bicyclic) bond motifs is 2. The lowest BCUT2D eigenvalue weighted by Gasteiger charge is -2.32. The van der Waals surface area contributed by atoms with Crippen molar-refractivity contribution in [2.24, 2.45) is 0 Å². The van der Waals surface area contributed by atoms with Gasteiger partial charge in [-0.15, -0.1) is 0 Å². The highest BCUT2D eigenvalue weighted by atomic mass is 16.1. The predicted molar refractivity (Wildman–Crippen MR) is 78.4 cm³/mol. The van der Waals surface area contributed by atoms with Crippen molar-refractivity contribution in [1.29, 1.82) is 0 Å². The molecule has 0 saturated heterocycles. The van der Waals surface area contributed by atoms with E-state index in [-0.39, 0.29) is 5.43 Å². The molecule has 1 aliphatic heterocycles. The summed E-state index contributed by atoms with van der Waals surface area (Å²) in [7, 11) is 0. The SMILES string of the molecule is CC[C@H](C)N1CCc2[nH]c3ccccc3c(=O)c2C1. The van der Waals surface area contributed by atoms with Crippen molar-refractivity contribution in [2.45, 2.75) is 39.3 Å². The van der Waals surface area contributed by atoms with Gasteiger partial charge in [-0.2, -0.15) is 0 Å². The van der Waals surface area contributed by atoms with Gasteiger partial charge in [0.15, 0.2) is 5.43 Å². The molecule has 0 radical (unpaired) electrons. The summed E-state index contributed by atoms with van der Waals surface area (Å²) in [4.78, 5) is 18.4. The number of H-pyrrole nitrogens is 1. The van der Waals surface area contributed by atoms with E-state index in [2.05, 4.69) is 23.7 Å². The van der Waals surface area contributed by atoms with Gasteiger partial charge in [0.05, 0.1) is 0 Å². The van der Waals surface area contributed by atoms with Crippen molar-refractivity contribution in [3.05, 3.63) is 45.7 Å². The van der Waals surface area contributed by atoms with Crippen molar-refractivity contribution < 1.29 is 0 Å². The maximum Gasteiger partial charge on any atom is 0.194 e. The van der Waals surface area contributed by atoms with E-state index >= 15 is 0 Å². The Labute approximate surface area is 113 Å². The lowest BCUT2D eigenvalue weighted by Crippen LogP contribution is -2.40. The molecule has 0 amide bonds. The Hall–Kier alpha value is -1.61. The van der Waals surface area contributed by atoms with Crippen LogP contribution in [0.25, 0.3) is 10.9 Å². The fraction of sp³-hybridized carbons (Fsp3) is 0.438. The van der Waals surface area contributed by atoms with Gasteiger partial charge in [-0.1, -0.05) is 19.1 Å². The molecule has 0 saturated carbocycles. The zero-order valence-electron chi connectivity index (χ0n) is 11.6. The molecule has 0 aliphatic carbocycles. The zero-order valence-corrected chi connectivity index (χ0v) is 11.6. The first-order valence-electron chi connectivity index (χ1n) is 7.07. The van der Waals surface area contributed by atoms with Gasteiger partial charge in [-0.05, 0) is 25.5 Å². The summed E-state index contributed by atoms with van der Waals surface area (Å²) in [5.74, 6) is 0. The number of rotatable bonds is 2. The zero-order chi connectivity index (χ0) is 13.4. The van der Waals surface area contributed by atoms with Gasteiger partial charge in [-0.3, -0.25) is 9.69 Å². The minimum atomic E-state index is 0.206. The van der Waals surface area contributed by atoms with Crippen LogP contribution in [0.3, 0.4) is 0 Å². The van der Waals surface area contributed by atoms with Crippen LogP contribution in [0, 0.1) is 0 Å². The van der Waals surface area contributed by atoms with E-state index in [0.717, 1.165) is 48.1 Å². The van der Waals surface area contributed by atoms with E-state index in [1.54, 1.807) is 0 Å².